The van der Waals surface area contributed by atoms with Gasteiger partial charge in [-0.2, -0.15) is 0 Å². The van der Waals surface area contributed by atoms with Gasteiger partial charge in [0.1, 0.15) is 24.4 Å². The number of carbonyl (C=O) groups excluding carboxylic acids is 1. The summed E-state index contributed by atoms with van der Waals surface area (Å²) in [7, 11) is 0. The number of nitrogens with one attached hydrogen (secondary N) is 1. The van der Waals surface area contributed by atoms with Crippen LogP contribution in [0.4, 0.5) is 0 Å². The van der Waals surface area contributed by atoms with Crippen LogP contribution in [-0.4, -0.2) is 65.3 Å². The monoisotopic (exact) mass is 373 g/mol. The lowest BCUT2D eigenvalue weighted by Crippen LogP contribution is -2.61. The molecule has 3 aliphatic heterocycles. The van der Waals surface area contributed by atoms with Gasteiger partial charge in [-0.05, 0) is 33.6 Å². The molecule has 3 rings (SSSR count). The van der Waals surface area contributed by atoms with Crippen molar-refractivity contribution in [2.45, 2.75) is 89.9 Å². The molecule has 9 nitrogen and oxygen atoms in total. The van der Waals surface area contributed by atoms with Gasteiger partial charge in [-0.25, -0.2) is 4.79 Å². The van der Waals surface area contributed by atoms with E-state index in [9.17, 15) is 14.7 Å². The van der Waals surface area contributed by atoms with Gasteiger partial charge in [0, 0.05) is 0 Å². The van der Waals surface area contributed by atoms with E-state index in [-0.39, 0.29) is 5.92 Å². The molecule has 0 radical (unpaired) electrons. The predicted octanol–water partition coefficient (Wildman–Crippen LogP) is 0.608. The van der Waals surface area contributed by atoms with E-state index < -0.39 is 60.2 Å². The Morgan fingerprint density at radius 3 is 2.04 bits per heavy atom. The van der Waals surface area contributed by atoms with E-state index >= 15 is 0 Å². The summed E-state index contributed by atoms with van der Waals surface area (Å²) in [6, 6.07) is -1.03. The highest BCUT2D eigenvalue weighted by Gasteiger charge is 2.62. The van der Waals surface area contributed by atoms with Gasteiger partial charge in [-0.3, -0.25) is 4.79 Å². The van der Waals surface area contributed by atoms with E-state index in [1.165, 1.54) is 0 Å². The highest BCUT2D eigenvalue weighted by Crippen LogP contribution is 2.44. The first-order valence-corrected chi connectivity index (χ1v) is 8.80. The number of hydrogen-bond acceptors (Lipinski definition) is 7. The van der Waals surface area contributed by atoms with E-state index in [2.05, 4.69) is 5.32 Å². The van der Waals surface area contributed by atoms with Gasteiger partial charge in [-0.1, -0.05) is 13.8 Å². The number of carboxylic acid groups (broad SMARTS) is 1. The van der Waals surface area contributed by atoms with Crippen LogP contribution < -0.4 is 5.32 Å². The minimum Gasteiger partial charge on any atom is -0.480 e. The lowest BCUT2D eigenvalue weighted by Gasteiger charge is -2.37. The van der Waals surface area contributed by atoms with Crippen LogP contribution in [0.5, 0.6) is 0 Å². The van der Waals surface area contributed by atoms with Crippen LogP contribution in [0, 0.1) is 5.92 Å². The number of amides is 1. The third-order valence-corrected chi connectivity index (χ3v) is 4.64. The van der Waals surface area contributed by atoms with Crippen LogP contribution >= 0.6 is 0 Å². The molecule has 0 spiro atoms. The Morgan fingerprint density at radius 2 is 1.46 bits per heavy atom. The summed E-state index contributed by atoms with van der Waals surface area (Å²) in [6.07, 6.45) is -3.71. The van der Waals surface area contributed by atoms with E-state index in [1.807, 2.05) is 0 Å². The van der Waals surface area contributed by atoms with Gasteiger partial charge in [0.25, 0.3) is 5.91 Å². The number of rotatable bonds is 4. The SMILES string of the molecule is CC(C)C(NC(=O)[C@H]1O[C@@H]2OC(C)(C)O[C@@H]2[C@H]2OC(C)(C)O[C@H]21)C(=O)O. The molecule has 0 aromatic rings. The number of aliphatic carboxylic acids is 1. The largest absolute Gasteiger partial charge is 0.480 e. The Hall–Kier alpha value is -1.26. The molecule has 1 amide bonds. The molecule has 1 unspecified atom stereocenters. The van der Waals surface area contributed by atoms with Gasteiger partial charge in [0.2, 0.25) is 0 Å². The standard InChI is InChI=1S/C17H27NO8/c1-7(2)8(14(20)21)18-13(19)11-9-10(24-16(3,4)23-9)12-15(22-11)26-17(5,6)25-12/h7-12,15H,1-6H3,(H,18,19)(H,20,21)/t8?,9-,10+,11+,12-,15-/m1/s1. The van der Waals surface area contributed by atoms with Crippen molar-refractivity contribution < 1.29 is 38.4 Å². The number of carboxylic acids is 1. The van der Waals surface area contributed by atoms with Crippen molar-refractivity contribution in [3.8, 4) is 0 Å². The van der Waals surface area contributed by atoms with Crippen LogP contribution in [0.1, 0.15) is 41.5 Å². The van der Waals surface area contributed by atoms with E-state index in [1.54, 1.807) is 41.5 Å². The van der Waals surface area contributed by atoms with E-state index in [0.29, 0.717) is 0 Å². The number of hydrogen-bond donors (Lipinski definition) is 2. The van der Waals surface area contributed by atoms with Crippen molar-refractivity contribution in [2.24, 2.45) is 5.92 Å². The van der Waals surface area contributed by atoms with Gasteiger partial charge >= 0.3 is 5.97 Å². The zero-order chi connectivity index (χ0) is 19.4. The van der Waals surface area contributed by atoms with Gasteiger partial charge in [0.05, 0.1) is 0 Å². The minimum absolute atomic E-state index is 0.286. The second-order valence-corrected chi connectivity index (χ2v) is 8.16. The highest BCUT2D eigenvalue weighted by atomic mass is 16.9. The molecule has 0 aliphatic carbocycles. The van der Waals surface area contributed by atoms with Crippen LogP contribution in [-0.2, 0) is 33.3 Å². The normalized spacial score (nSPS) is 38.5. The van der Waals surface area contributed by atoms with Crippen LogP contribution in [0.25, 0.3) is 0 Å². The van der Waals surface area contributed by atoms with Crippen LogP contribution in [0.2, 0.25) is 0 Å². The second-order valence-electron chi connectivity index (χ2n) is 8.16. The molecule has 2 N–H and O–H groups in total. The highest BCUT2D eigenvalue weighted by molar-refractivity contribution is 5.87. The maximum absolute atomic E-state index is 12.8. The zero-order valence-electron chi connectivity index (χ0n) is 15.8. The summed E-state index contributed by atoms with van der Waals surface area (Å²) in [4.78, 5) is 24.2. The second kappa shape index (κ2) is 6.42. The molecule has 148 valence electrons. The first kappa shape index (κ1) is 19.5. The summed E-state index contributed by atoms with van der Waals surface area (Å²) in [5.74, 6) is -3.78. The molecule has 0 aromatic heterocycles. The lowest BCUT2D eigenvalue weighted by atomic mass is 9.97. The maximum Gasteiger partial charge on any atom is 0.326 e. The Balaban J connectivity index is 1.82. The Labute approximate surface area is 152 Å². The van der Waals surface area contributed by atoms with Crippen molar-refractivity contribution in [1.82, 2.24) is 5.32 Å². The third kappa shape index (κ3) is 3.59. The first-order chi connectivity index (χ1) is 11.9. The Morgan fingerprint density at radius 1 is 0.923 bits per heavy atom. The van der Waals surface area contributed by atoms with Crippen LogP contribution in [0.3, 0.4) is 0 Å². The first-order valence-electron chi connectivity index (χ1n) is 8.80. The molecule has 3 aliphatic rings. The molecule has 3 saturated heterocycles. The van der Waals surface area contributed by atoms with Gasteiger partial charge in [0.15, 0.2) is 24.0 Å². The summed E-state index contributed by atoms with van der Waals surface area (Å²) in [6.45, 7) is 10.4. The fourth-order valence-corrected chi connectivity index (χ4v) is 3.57. The lowest BCUT2D eigenvalue weighted by molar-refractivity contribution is -0.231. The van der Waals surface area contributed by atoms with Gasteiger partial charge < -0.3 is 34.1 Å². The van der Waals surface area contributed by atoms with E-state index in [0.717, 1.165) is 0 Å². The Kier molecular flexibility index (Phi) is 4.81. The number of carbonyl (C=O) groups is 2. The molecule has 3 fully saturated rings. The topological polar surface area (TPSA) is 113 Å². The Bertz CT molecular complexity index is 589. The molecule has 0 saturated carbocycles. The fraction of sp³-hybridized carbons (Fsp3) is 0.882. The number of fused-ring (bicyclic) bond motifs is 3. The van der Waals surface area contributed by atoms with E-state index in [4.69, 9.17) is 23.7 Å². The predicted molar refractivity (Wildman–Crippen MR) is 86.9 cm³/mol. The molecule has 6 atom stereocenters. The van der Waals surface area contributed by atoms with Crippen molar-refractivity contribution >= 4 is 11.9 Å². The molecule has 3 heterocycles. The molecular weight excluding hydrogens is 346 g/mol. The smallest absolute Gasteiger partial charge is 0.326 e. The number of ether oxygens (including phenoxy) is 5. The van der Waals surface area contributed by atoms with Gasteiger partial charge in [-0.15, -0.1) is 0 Å². The molecule has 9 heteroatoms. The quantitative estimate of drug-likeness (QED) is 0.737. The fourth-order valence-electron chi connectivity index (χ4n) is 3.57. The molecular formula is C17H27NO8. The summed E-state index contributed by atoms with van der Waals surface area (Å²) in [5, 5.41) is 11.9. The molecule has 0 bridgehead atoms. The van der Waals surface area contributed by atoms with Crippen LogP contribution in [0.15, 0.2) is 0 Å². The molecule has 26 heavy (non-hydrogen) atoms. The zero-order valence-corrected chi connectivity index (χ0v) is 15.8. The third-order valence-electron chi connectivity index (χ3n) is 4.64. The van der Waals surface area contributed by atoms with Crippen molar-refractivity contribution in [1.29, 1.82) is 0 Å². The summed E-state index contributed by atoms with van der Waals surface area (Å²) < 4.78 is 29.2. The average molecular weight is 373 g/mol. The van der Waals surface area contributed by atoms with Crippen molar-refractivity contribution in [2.75, 3.05) is 0 Å². The molecule has 0 aromatic carbocycles. The summed E-state index contributed by atoms with van der Waals surface area (Å²) >= 11 is 0. The minimum atomic E-state index is -1.11. The van der Waals surface area contributed by atoms with Crippen molar-refractivity contribution in [3.63, 3.8) is 0 Å². The average Bonchev–Trinajstić information content (AvgIpc) is 2.96. The van der Waals surface area contributed by atoms with Crippen molar-refractivity contribution in [3.05, 3.63) is 0 Å². The maximum atomic E-state index is 12.8. The summed E-state index contributed by atoms with van der Waals surface area (Å²) in [5.41, 5.74) is 0.